The fraction of sp³-hybridized carbons (Fsp3) is 0.400. The number of benzene rings is 1. The van der Waals surface area contributed by atoms with Crippen LogP contribution in [0.2, 0.25) is 0 Å². The van der Waals surface area contributed by atoms with Gasteiger partial charge in [-0.05, 0) is 12.0 Å². The van der Waals surface area contributed by atoms with Crippen molar-refractivity contribution < 1.29 is 29.3 Å². The van der Waals surface area contributed by atoms with E-state index in [4.69, 9.17) is 14.9 Å². The van der Waals surface area contributed by atoms with Crippen LogP contribution in [0.1, 0.15) is 12.0 Å². The van der Waals surface area contributed by atoms with Gasteiger partial charge in [0.1, 0.15) is 6.61 Å². The zero-order valence-electron chi connectivity index (χ0n) is 11.8. The molecule has 22 heavy (non-hydrogen) atoms. The molecule has 1 aromatic rings. The van der Waals surface area contributed by atoms with E-state index in [9.17, 15) is 14.4 Å². The summed E-state index contributed by atoms with van der Waals surface area (Å²) < 4.78 is 5.14. The molecule has 1 fully saturated rings. The first-order valence-electron chi connectivity index (χ1n) is 6.90. The van der Waals surface area contributed by atoms with Crippen LogP contribution in [-0.4, -0.2) is 46.2 Å². The summed E-state index contributed by atoms with van der Waals surface area (Å²) in [5.41, 5.74) is 0.825. The van der Waals surface area contributed by atoms with Gasteiger partial charge in [-0.1, -0.05) is 30.3 Å². The van der Waals surface area contributed by atoms with Crippen molar-refractivity contribution in [3.05, 3.63) is 35.9 Å². The van der Waals surface area contributed by atoms with Crippen molar-refractivity contribution in [1.29, 1.82) is 0 Å². The summed E-state index contributed by atoms with van der Waals surface area (Å²) in [7, 11) is 0. The summed E-state index contributed by atoms with van der Waals surface area (Å²) in [6.45, 7) is 0.116. The Morgan fingerprint density at radius 3 is 2.32 bits per heavy atom. The first-order valence-corrected chi connectivity index (χ1v) is 6.90. The summed E-state index contributed by atoms with van der Waals surface area (Å²) in [6.07, 6.45) is -0.522. The van der Waals surface area contributed by atoms with Crippen molar-refractivity contribution in [2.45, 2.75) is 13.0 Å². The Kier molecular flexibility index (Phi) is 4.98. The van der Waals surface area contributed by atoms with Gasteiger partial charge in [0.05, 0.1) is 11.8 Å². The standard InChI is InChI=1S/C15H17NO6/c17-13(18)11-6-7-16(8-12(11)14(19)20)15(21)22-9-10-4-2-1-3-5-10/h1-5,11-12H,6-9H2,(H,17,18)(H,19,20). The number of rotatable bonds is 4. The number of carbonyl (C=O) groups excluding carboxylic acids is 1. The molecule has 1 heterocycles. The Hall–Kier alpha value is -2.57. The van der Waals surface area contributed by atoms with Crippen molar-refractivity contribution in [2.24, 2.45) is 11.8 Å². The molecule has 0 aromatic heterocycles. The quantitative estimate of drug-likeness (QED) is 0.872. The summed E-state index contributed by atoms with van der Waals surface area (Å²) >= 11 is 0. The largest absolute Gasteiger partial charge is 0.481 e. The smallest absolute Gasteiger partial charge is 0.410 e. The number of carboxylic acids is 2. The lowest BCUT2D eigenvalue weighted by molar-refractivity contribution is -0.156. The van der Waals surface area contributed by atoms with Gasteiger partial charge in [0, 0.05) is 13.1 Å². The van der Waals surface area contributed by atoms with Crippen LogP contribution in [-0.2, 0) is 20.9 Å². The molecule has 2 atom stereocenters. The molecule has 1 aliphatic rings. The van der Waals surface area contributed by atoms with E-state index in [2.05, 4.69) is 0 Å². The summed E-state index contributed by atoms with van der Waals surface area (Å²) in [4.78, 5) is 35.5. The van der Waals surface area contributed by atoms with E-state index in [1.165, 1.54) is 4.90 Å². The van der Waals surface area contributed by atoms with Gasteiger partial charge < -0.3 is 19.8 Å². The maximum absolute atomic E-state index is 12.0. The first-order chi connectivity index (χ1) is 10.5. The third-order valence-corrected chi connectivity index (χ3v) is 3.71. The Morgan fingerprint density at radius 2 is 1.73 bits per heavy atom. The number of ether oxygens (including phenoxy) is 1. The van der Waals surface area contributed by atoms with Crippen LogP contribution in [0, 0.1) is 11.8 Å². The van der Waals surface area contributed by atoms with Crippen LogP contribution < -0.4 is 0 Å². The molecule has 0 spiro atoms. The van der Waals surface area contributed by atoms with E-state index in [1.807, 2.05) is 30.3 Å². The van der Waals surface area contributed by atoms with Crippen LogP contribution in [0.3, 0.4) is 0 Å². The Morgan fingerprint density at radius 1 is 1.09 bits per heavy atom. The summed E-state index contributed by atoms with van der Waals surface area (Å²) in [6, 6.07) is 9.11. The van der Waals surface area contributed by atoms with E-state index in [0.717, 1.165) is 5.56 Å². The fourth-order valence-corrected chi connectivity index (χ4v) is 2.47. The van der Waals surface area contributed by atoms with Crippen LogP contribution >= 0.6 is 0 Å². The molecule has 7 nitrogen and oxygen atoms in total. The third kappa shape index (κ3) is 3.75. The third-order valence-electron chi connectivity index (χ3n) is 3.71. The second-order valence-electron chi connectivity index (χ2n) is 5.16. The van der Waals surface area contributed by atoms with Gasteiger partial charge in [0.25, 0.3) is 0 Å². The van der Waals surface area contributed by atoms with Gasteiger partial charge in [-0.2, -0.15) is 0 Å². The lowest BCUT2D eigenvalue weighted by atomic mass is 9.86. The monoisotopic (exact) mass is 307 g/mol. The van der Waals surface area contributed by atoms with Crippen molar-refractivity contribution in [3.8, 4) is 0 Å². The molecule has 1 aromatic carbocycles. The molecule has 1 saturated heterocycles. The molecule has 1 amide bonds. The number of likely N-dealkylation sites (tertiary alicyclic amines) is 1. The molecule has 2 unspecified atom stereocenters. The minimum Gasteiger partial charge on any atom is -0.481 e. The van der Waals surface area contributed by atoms with Crippen LogP contribution in [0.5, 0.6) is 0 Å². The number of nitrogens with zero attached hydrogens (tertiary/aromatic N) is 1. The highest BCUT2D eigenvalue weighted by Crippen LogP contribution is 2.25. The first kappa shape index (κ1) is 15.8. The van der Waals surface area contributed by atoms with Crippen molar-refractivity contribution in [2.75, 3.05) is 13.1 Å². The van der Waals surface area contributed by atoms with E-state index in [-0.39, 0.29) is 26.1 Å². The second-order valence-corrected chi connectivity index (χ2v) is 5.16. The van der Waals surface area contributed by atoms with Crippen LogP contribution in [0.4, 0.5) is 4.79 Å². The lowest BCUT2D eigenvalue weighted by Gasteiger charge is -2.33. The number of amides is 1. The number of hydrogen-bond donors (Lipinski definition) is 2. The van der Waals surface area contributed by atoms with Gasteiger partial charge >= 0.3 is 18.0 Å². The normalized spacial score (nSPS) is 21.2. The minimum atomic E-state index is -1.21. The maximum atomic E-state index is 12.0. The molecule has 2 N–H and O–H groups in total. The lowest BCUT2D eigenvalue weighted by Crippen LogP contribution is -2.48. The van der Waals surface area contributed by atoms with Gasteiger partial charge in [0.15, 0.2) is 0 Å². The van der Waals surface area contributed by atoms with Gasteiger partial charge in [-0.3, -0.25) is 9.59 Å². The van der Waals surface area contributed by atoms with E-state index in [1.54, 1.807) is 0 Å². The van der Waals surface area contributed by atoms with Gasteiger partial charge in [-0.15, -0.1) is 0 Å². The number of piperidine rings is 1. The zero-order valence-corrected chi connectivity index (χ0v) is 11.8. The Bertz CT molecular complexity index is 558. The van der Waals surface area contributed by atoms with Crippen molar-refractivity contribution in [1.82, 2.24) is 4.90 Å². The molecule has 2 rings (SSSR count). The number of aliphatic carboxylic acids is 2. The molecular formula is C15H17NO6. The summed E-state index contributed by atoms with van der Waals surface area (Å²) in [5.74, 6) is -4.45. The van der Waals surface area contributed by atoms with Gasteiger partial charge in [0.2, 0.25) is 0 Å². The van der Waals surface area contributed by atoms with E-state index < -0.39 is 29.9 Å². The maximum Gasteiger partial charge on any atom is 0.410 e. The molecule has 0 aliphatic carbocycles. The van der Waals surface area contributed by atoms with Crippen LogP contribution in [0.15, 0.2) is 30.3 Å². The summed E-state index contributed by atoms with van der Waals surface area (Å²) in [5, 5.41) is 18.2. The minimum absolute atomic E-state index is 0.0935. The SMILES string of the molecule is O=C(O)C1CCN(C(=O)OCc2ccccc2)CC1C(=O)O. The molecule has 0 radical (unpaired) electrons. The number of carboxylic acid groups (broad SMARTS) is 2. The van der Waals surface area contributed by atoms with E-state index in [0.29, 0.717) is 0 Å². The predicted octanol–water partition coefficient (Wildman–Crippen LogP) is 1.43. The Labute approximate surface area is 127 Å². The average molecular weight is 307 g/mol. The molecule has 118 valence electrons. The highest BCUT2D eigenvalue weighted by molar-refractivity contribution is 5.81. The molecule has 0 bridgehead atoms. The fourth-order valence-electron chi connectivity index (χ4n) is 2.47. The molecule has 7 heteroatoms. The number of carbonyl (C=O) groups is 3. The van der Waals surface area contributed by atoms with Crippen molar-refractivity contribution >= 4 is 18.0 Å². The van der Waals surface area contributed by atoms with E-state index >= 15 is 0 Å². The average Bonchev–Trinajstić information content (AvgIpc) is 2.52. The predicted molar refractivity (Wildman–Crippen MR) is 75.1 cm³/mol. The highest BCUT2D eigenvalue weighted by atomic mass is 16.6. The highest BCUT2D eigenvalue weighted by Gasteiger charge is 2.40. The molecular weight excluding hydrogens is 290 g/mol. The molecule has 1 aliphatic heterocycles. The van der Waals surface area contributed by atoms with Crippen LogP contribution in [0.25, 0.3) is 0 Å². The molecule has 0 saturated carbocycles. The van der Waals surface area contributed by atoms with Gasteiger partial charge in [-0.25, -0.2) is 4.79 Å². The zero-order chi connectivity index (χ0) is 16.1. The second kappa shape index (κ2) is 6.93. The number of hydrogen-bond acceptors (Lipinski definition) is 4. The Balaban J connectivity index is 1.94. The van der Waals surface area contributed by atoms with Crippen molar-refractivity contribution in [3.63, 3.8) is 0 Å². The topological polar surface area (TPSA) is 104 Å².